The average Bonchev–Trinajstić information content (AvgIpc) is 2.99. The minimum atomic E-state index is 0. The Labute approximate surface area is 180 Å². The fourth-order valence-electron chi connectivity index (χ4n) is 3.29. The molecule has 1 aromatic rings. The van der Waals surface area contributed by atoms with Gasteiger partial charge in [0.15, 0.2) is 5.96 Å². The smallest absolute Gasteiger partial charge is 0.193 e. The molecular weight excluding hydrogens is 459 g/mol. The molecule has 1 unspecified atom stereocenters. The van der Waals surface area contributed by atoms with Gasteiger partial charge in [0.25, 0.3) is 0 Å². The Bertz CT molecular complexity index is 538. The van der Waals surface area contributed by atoms with Crippen molar-refractivity contribution in [2.75, 3.05) is 27.2 Å². The van der Waals surface area contributed by atoms with Crippen molar-refractivity contribution in [3.8, 4) is 0 Å². The number of ether oxygens (including phenoxy) is 1. The maximum atomic E-state index is 5.82. The van der Waals surface area contributed by atoms with Crippen LogP contribution in [0.1, 0.15) is 55.6 Å². The molecule has 1 aliphatic rings. The second kappa shape index (κ2) is 12.1. The van der Waals surface area contributed by atoms with Gasteiger partial charge in [0.05, 0.1) is 18.3 Å². The lowest BCUT2D eigenvalue weighted by Crippen LogP contribution is -2.40. The first-order valence-corrected chi connectivity index (χ1v) is 10.4. The van der Waals surface area contributed by atoms with Crippen LogP contribution in [0.2, 0.25) is 0 Å². The molecule has 2 rings (SSSR count). The predicted molar refractivity (Wildman–Crippen MR) is 122 cm³/mol. The monoisotopic (exact) mass is 494 g/mol. The first-order chi connectivity index (χ1) is 12.0. The summed E-state index contributed by atoms with van der Waals surface area (Å²) < 4.78 is 5.82. The zero-order valence-electron chi connectivity index (χ0n) is 16.9. The zero-order valence-corrected chi connectivity index (χ0v) is 20.0. The van der Waals surface area contributed by atoms with Gasteiger partial charge in [-0.1, -0.05) is 13.8 Å². The second-order valence-corrected chi connectivity index (χ2v) is 8.21. The molecule has 150 valence electrons. The third-order valence-electron chi connectivity index (χ3n) is 4.67. The van der Waals surface area contributed by atoms with E-state index in [1.165, 1.54) is 34.8 Å². The molecule has 0 fully saturated rings. The molecule has 5 nitrogen and oxygen atoms in total. The molecule has 7 heteroatoms. The number of fused-ring (bicyclic) bond motifs is 1. The van der Waals surface area contributed by atoms with E-state index in [1.807, 2.05) is 18.4 Å². The van der Waals surface area contributed by atoms with Crippen LogP contribution in [0.25, 0.3) is 0 Å². The lowest BCUT2D eigenvalue weighted by molar-refractivity contribution is 0.0257. The number of aliphatic imine (C=N–C) groups is 1. The van der Waals surface area contributed by atoms with Crippen molar-refractivity contribution >= 4 is 41.3 Å². The van der Waals surface area contributed by atoms with Crippen molar-refractivity contribution in [2.24, 2.45) is 10.9 Å². The number of rotatable bonds is 8. The van der Waals surface area contributed by atoms with Gasteiger partial charge in [-0.15, -0.1) is 35.3 Å². The Balaban J connectivity index is 0.00000338. The van der Waals surface area contributed by atoms with Crippen LogP contribution in [0.3, 0.4) is 0 Å². The number of aryl methyl sites for hydroxylation is 2. The van der Waals surface area contributed by atoms with Gasteiger partial charge in [0.2, 0.25) is 0 Å². The van der Waals surface area contributed by atoms with Crippen LogP contribution < -0.4 is 5.32 Å². The van der Waals surface area contributed by atoms with E-state index in [1.54, 1.807) is 0 Å². The third-order valence-corrected chi connectivity index (χ3v) is 5.81. The second-order valence-electron chi connectivity index (χ2n) is 7.04. The number of halogens is 1. The number of hydrogen-bond acceptors (Lipinski definition) is 4. The highest BCUT2D eigenvalue weighted by molar-refractivity contribution is 14.0. The molecule has 0 saturated carbocycles. The van der Waals surface area contributed by atoms with Gasteiger partial charge in [-0.2, -0.15) is 0 Å². The molecule has 0 bridgehead atoms. The van der Waals surface area contributed by atoms with Crippen LogP contribution in [0.4, 0.5) is 0 Å². The van der Waals surface area contributed by atoms with E-state index in [9.17, 15) is 0 Å². The number of aromatic nitrogens is 1. The minimum Gasteiger partial charge on any atom is -0.378 e. The van der Waals surface area contributed by atoms with Crippen LogP contribution in [-0.2, 0) is 24.1 Å². The average molecular weight is 494 g/mol. The number of hydrogen-bond donors (Lipinski definition) is 1. The highest BCUT2D eigenvalue weighted by atomic mass is 127. The molecule has 0 radical (unpaired) electrons. The van der Waals surface area contributed by atoms with Gasteiger partial charge in [-0.25, -0.2) is 4.98 Å². The molecule has 0 aliphatic heterocycles. The molecule has 1 aromatic heterocycles. The minimum absolute atomic E-state index is 0. The number of nitrogens with zero attached hydrogens (tertiary/aromatic N) is 3. The SMILES string of the molecule is CCOC(CCNC(=NC)N(C)Cc1nc2c(s1)CCCC2)C(C)C.I. The quantitative estimate of drug-likeness (QED) is 0.336. The van der Waals surface area contributed by atoms with Crippen molar-refractivity contribution in [1.82, 2.24) is 15.2 Å². The van der Waals surface area contributed by atoms with Crippen LogP contribution >= 0.6 is 35.3 Å². The Morgan fingerprint density at radius 2 is 2.08 bits per heavy atom. The topological polar surface area (TPSA) is 49.8 Å². The van der Waals surface area contributed by atoms with Crippen molar-refractivity contribution in [3.63, 3.8) is 0 Å². The van der Waals surface area contributed by atoms with Crippen LogP contribution in [0, 0.1) is 5.92 Å². The van der Waals surface area contributed by atoms with Crippen molar-refractivity contribution in [1.29, 1.82) is 0 Å². The maximum Gasteiger partial charge on any atom is 0.193 e. The summed E-state index contributed by atoms with van der Waals surface area (Å²) in [5, 5.41) is 4.67. The van der Waals surface area contributed by atoms with Crippen molar-refractivity contribution in [3.05, 3.63) is 15.6 Å². The summed E-state index contributed by atoms with van der Waals surface area (Å²) in [6, 6.07) is 0. The largest absolute Gasteiger partial charge is 0.378 e. The van der Waals surface area contributed by atoms with E-state index in [0.717, 1.165) is 38.5 Å². The van der Waals surface area contributed by atoms with Crippen LogP contribution in [0.15, 0.2) is 4.99 Å². The summed E-state index contributed by atoms with van der Waals surface area (Å²) in [7, 11) is 3.92. The molecule has 1 aliphatic carbocycles. The summed E-state index contributed by atoms with van der Waals surface area (Å²) in [4.78, 5) is 12.9. The number of thiazole rings is 1. The lowest BCUT2D eigenvalue weighted by atomic mass is 10.0. The summed E-state index contributed by atoms with van der Waals surface area (Å²) in [5.74, 6) is 1.45. The Morgan fingerprint density at radius 1 is 1.35 bits per heavy atom. The van der Waals surface area contributed by atoms with Crippen LogP contribution in [0.5, 0.6) is 0 Å². The predicted octanol–water partition coefficient (Wildman–Crippen LogP) is 4.10. The fraction of sp³-hybridized carbons (Fsp3) is 0.789. The molecule has 0 amide bonds. The molecule has 1 N–H and O–H groups in total. The number of nitrogens with one attached hydrogen (secondary N) is 1. The summed E-state index contributed by atoms with van der Waals surface area (Å²) >= 11 is 1.88. The molecule has 1 atom stereocenters. The fourth-order valence-corrected chi connectivity index (χ4v) is 4.50. The molecule has 0 saturated heterocycles. The van der Waals surface area contributed by atoms with E-state index < -0.39 is 0 Å². The lowest BCUT2D eigenvalue weighted by Gasteiger charge is -2.24. The standard InChI is InChI=1S/C19H34N4OS.HI/c1-6-24-16(14(2)3)11-12-21-19(20-4)23(5)13-18-22-15-9-7-8-10-17(15)25-18;/h14,16H,6-13H2,1-5H3,(H,20,21);1H. The Hall–Kier alpha value is -0.410. The van der Waals surface area contributed by atoms with Gasteiger partial charge in [0.1, 0.15) is 5.01 Å². The maximum absolute atomic E-state index is 5.82. The van der Waals surface area contributed by atoms with E-state index in [-0.39, 0.29) is 24.0 Å². The normalized spacial score (nSPS) is 15.4. The zero-order chi connectivity index (χ0) is 18.2. The van der Waals surface area contributed by atoms with E-state index in [4.69, 9.17) is 9.72 Å². The first-order valence-electron chi connectivity index (χ1n) is 9.56. The summed E-state index contributed by atoms with van der Waals surface area (Å²) in [6.45, 7) is 8.94. The van der Waals surface area contributed by atoms with E-state index in [2.05, 4.69) is 43.0 Å². The van der Waals surface area contributed by atoms with Crippen molar-refractivity contribution in [2.45, 2.75) is 65.5 Å². The van der Waals surface area contributed by atoms with Gasteiger partial charge < -0.3 is 15.0 Å². The van der Waals surface area contributed by atoms with E-state index in [0.29, 0.717) is 12.0 Å². The number of guanidine groups is 1. The molecular formula is C19H35IN4OS. The molecule has 1 heterocycles. The van der Waals surface area contributed by atoms with Gasteiger partial charge in [-0.3, -0.25) is 4.99 Å². The Morgan fingerprint density at radius 3 is 2.69 bits per heavy atom. The summed E-state index contributed by atoms with van der Waals surface area (Å²) in [6.07, 6.45) is 6.24. The van der Waals surface area contributed by atoms with Crippen molar-refractivity contribution < 1.29 is 4.74 Å². The van der Waals surface area contributed by atoms with Gasteiger partial charge in [0, 0.05) is 32.1 Å². The van der Waals surface area contributed by atoms with Gasteiger partial charge in [-0.05, 0) is 44.9 Å². The molecule has 26 heavy (non-hydrogen) atoms. The molecule has 0 spiro atoms. The first kappa shape index (κ1) is 23.6. The Kier molecular flexibility index (Phi) is 11.0. The van der Waals surface area contributed by atoms with Crippen LogP contribution in [-0.4, -0.2) is 49.2 Å². The van der Waals surface area contributed by atoms with E-state index >= 15 is 0 Å². The third kappa shape index (κ3) is 6.96. The molecule has 0 aromatic carbocycles. The van der Waals surface area contributed by atoms with Gasteiger partial charge >= 0.3 is 0 Å². The highest BCUT2D eigenvalue weighted by Gasteiger charge is 2.17. The summed E-state index contributed by atoms with van der Waals surface area (Å²) in [5.41, 5.74) is 1.33. The highest BCUT2D eigenvalue weighted by Crippen LogP contribution is 2.27.